The van der Waals surface area contributed by atoms with Crippen molar-refractivity contribution in [2.45, 2.75) is 38.6 Å². The highest BCUT2D eigenvalue weighted by molar-refractivity contribution is 6.35. The average molecular weight is 408 g/mol. The minimum atomic E-state index is -0.166. The molecule has 0 bridgehead atoms. The molecule has 1 aromatic carbocycles. The number of rotatable bonds is 7. The van der Waals surface area contributed by atoms with Gasteiger partial charge in [0.2, 0.25) is 0 Å². The van der Waals surface area contributed by atoms with Crippen LogP contribution in [0.3, 0.4) is 0 Å². The van der Waals surface area contributed by atoms with Crippen LogP contribution in [-0.4, -0.2) is 18.5 Å². The number of carbonyl (C=O) groups excluding carboxylic acids is 1. The number of carbonyl (C=O) groups is 1. The second-order valence-electron chi connectivity index (χ2n) is 7.02. The predicted molar refractivity (Wildman–Crippen MR) is 114 cm³/mol. The first-order valence-electron chi connectivity index (χ1n) is 9.14. The number of allylic oxidation sites excluding steroid dienone is 4. The Hall–Kier alpha value is -1.91. The molecule has 4 nitrogen and oxygen atoms in total. The van der Waals surface area contributed by atoms with Crippen LogP contribution in [0.4, 0.5) is 0 Å². The van der Waals surface area contributed by atoms with Crippen molar-refractivity contribution < 1.29 is 4.79 Å². The summed E-state index contributed by atoms with van der Waals surface area (Å²) >= 11 is 12.1. The van der Waals surface area contributed by atoms with E-state index < -0.39 is 0 Å². The molecule has 1 aliphatic rings. The van der Waals surface area contributed by atoms with Gasteiger partial charge in [-0.15, -0.1) is 0 Å². The van der Waals surface area contributed by atoms with E-state index in [1.54, 1.807) is 18.2 Å². The Balaban J connectivity index is 1.76. The van der Waals surface area contributed by atoms with Crippen LogP contribution < -0.4 is 16.4 Å². The Morgan fingerprint density at radius 1 is 1.30 bits per heavy atom. The number of benzene rings is 1. The first-order chi connectivity index (χ1) is 12.8. The van der Waals surface area contributed by atoms with E-state index in [0.29, 0.717) is 27.3 Å². The predicted octanol–water partition coefficient (Wildman–Crippen LogP) is 4.80. The minimum absolute atomic E-state index is 0.162. The smallest absolute Gasteiger partial charge is 0.253 e. The SMILES string of the molecule is C=C(C)/C=C\C=C(/N)NC[C@H]1CC[C@H](NC(=O)c2cc(Cl)ccc2Cl)CC1. The Bertz CT molecular complexity index is 735. The first-order valence-corrected chi connectivity index (χ1v) is 9.90. The number of amides is 1. The highest BCUT2D eigenvalue weighted by Crippen LogP contribution is 2.25. The zero-order valence-corrected chi connectivity index (χ0v) is 17.1. The number of hydrogen-bond donors (Lipinski definition) is 3. The number of hydrogen-bond acceptors (Lipinski definition) is 3. The topological polar surface area (TPSA) is 67.2 Å². The molecule has 6 heteroatoms. The van der Waals surface area contributed by atoms with E-state index in [2.05, 4.69) is 17.2 Å². The fraction of sp³-hybridized carbons (Fsp3) is 0.381. The number of nitrogens with one attached hydrogen (secondary N) is 2. The summed E-state index contributed by atoms with van der Waals surface area (Å²) in [5, 5.41) is 7.25. The molecule has 27 heavy (non-hydrogen) atoms. The van der Waals surface area contributed by atoms with E-state index in [9.17, 15) is 4.79 Å². The van der Waals surface area contributed by atoms with Crippen LogP contribution in [0.5, 0.6) is 0 Å². The largest absolute Gasteiger partial charge is 0.386 e. The highest BCUT2D eigenvalue weighted by atomic mass is 35.5. The zero-order valence-electron chi connectivity index (χ0n) is 15.6. The normalized spacial score (nSPS) is 20.5. The Labute approximate surface area is 171 Å². The lowest BCUT2D eigenvalue weighted by atomic mass is 9.86. The molecule has 4 N–H and O–H groups in total. The lowest BCUT2D eigenvalue weighted by Gasteiger charge is -2.29. The molecule has 0 aliphatic heterocycles. The van der Waals surface area contributed by atoms with Crippen LogP contribution in [0.15, 0.2) is 54.4 Å². The molecule has 1 aromatic rings. The molecular formula is C21H27Cl2N3O. The van der Waals surface area contributed by atoms with Crippen molar-refractivity contribution in [1.82, 2.24) is 10.6 Å². The van der Waals surface area contributed by atoms with Crippen LogP contribution in [0.25, 0.3) is 0 Å². The minimum Gasteiger partial charge on any atom is -0.386 e. The van der Waals surface area contributed by atoms with E-state index in [-0.39, 0.29) is 11.9 Å². The third kappa shape index (κ3) is 7.31. The Morgan fingerprint density at radius 2 is 2.00 bits per heavy atom. The molecule has 1 fully saturated rings. The van der Waals surface area contributed by atoms with Crippen molar-refractivity contribution in [2.75, 3.05) is 6.54 Å². The van der Waals surface area contributed by atoms with Crippen LogP contribution in [-0.2, 0) is 0 Å². The number of halogens is 2. The summed E-state index contributed by atoms with van der Waals surface area (Å²) in [6.45, 7) is 6.58. The fourth-order valence-electron chi connectivity index (χ4n) is 3.08. The molecule has 0 aromatic heterocycles. The standard InChI is InChI=1S/C21H27Cl2N3O/c1-14(2)4-3-5-20(24)25-13-15-6-9-17(10-7-15)26-21(27)18-12-16(22)8-11-19(18)23/h3-5,8,11-12,15,17,25H,1,6-7,9-10,13,24H2,2H3,(H,26,27)/b4-3-,20-5+/t15-,17-. The summed E-state index contributed by atoms with van der Waals surface area (Å²) in [6, 6.07) is 5.08. The molecule has 1 aliphatic carbocycles. The third-order valence-electron chi connectivity index (χ3n) is 4.61. The third-order valence-corrected chi connectivity index (χ3v) is 5.17. The average Bonchev–Trinajstić information content (AvgIpc) is 2.62. The van der Waals surface area contributed by atoms with E-state index >= 15 is 0 Å². The van der Waals surface area contributed by atoms with Gasteiger partial charge in [-0.2, -0.15) is 0 Å². The molecule has 0 radical (unpaired) electrons. The van der Waals surface area contributed by atoms with Crippen LogP contribution in [0.2, 0.25) is 10.0 Å². The summed E-state index contributed by atoms with van der Waals surface area (Å²) in [7, 11) is 0. The lowest BCUT2D eigenvalue weighted by molar-refractivity contribution is 0.0922. The van der Waals surface area contributed by atoms with Gasteiger partial charge in [-0.1, -0.05) is 47.5 Å². The molecule has 0 unspecified atom stereocenters. The maximum Gasteiger partial charge on any atom is 0.253 e. The molecule has 0 spiro atoms. The number of nitrogens with two attached hydrogens (primary N) is 1. The quantitative estimate of drug-likeness (QED) is 0.568. The molecule has 2 rings (SSSR count). The van der Waals surface area contributed by atoms with Gasteiger partial charge in [0.25, 0.3) is 5.91 Å². The van der Waals surface area contributed by atoms with Gasteiger partial charge >= 0.3 is 0 Å². The van der Waals surface area contributed by atoms with E-state index in [1.165, 1.54) is 0 Å². The molecule has 1 amide bonds. The van der Waals surface area contributed by atoms with Gasteiger partial charge in [0.1, 0.15) is 0 Å². The van der Waals surface area contributed by atoms with Crippen LogP contribution in [0, 0.1) is 5.92 Å². The van der Waals surface area contributed by atoms with Crippen molar-refractivity contribution in [3.63, 3.8) is 0 Å². The highest BCUT2D eigenvalue weighted by Gasteiger charge is 2.23. The maximum atomic E-state index is 12.4. The van der Waals surface area contributed by atoms with E-state index in [1.807, 2.05) is 25.2 Å². The summed E-state index contributed by atoms with van der Waals surface area (Å²) in [5.41, 5.74) is 7.36. The zero-order chi connectivity index (χ0) is 19.8. The van der Waals surface area contributed by atoms with E-state index in [4.69, 9.17) is 28.9 Å². The monoisotopic (exact) mass is 407 g/mol. The second-order valence-corrected chi connectivity index (χ2v) is 7.87. The van der Waals surface area contributed by atoms with Crippen molar-refractivity contribution in [3.05, 3.63) is 70.0 Å². The van der Waals surface area contributed by atoms with Crippen molar-refractivity contribution in [1.29, 1.82) is 0 Å². The van der Waals surface area contributed by atoms with Crippen LogP contribution in [0.1, 0.15) is 43.0 Å². The summed E-state index contributed by atoms with van der Waals surface area (Å²) in [5.74, 6) is 1.03. The van der Waals surface area contributed by atoms with Gasteiger partial charge in [0, 0.05) is 17.6 Å². The van der Waals surface area contributed by atoms with E-state index in [0.717, 1.165) is 37.8 Å². The van der Waals surface area contributed by atoms with Crippen molar-refractivity contribution in [2.24, 2.45) is 11.7 Å². The van der Waals surface area contributed by atoms with Gasteiger partial charge in [0.05, 0.1) is 16.4 Å². The molecule has 146 valence electrons. The second kappa shape index (κ2) is 10.4. The van der Waals surface area contributed by atoms with Crippen LogP contribution >= 0.6 is 23.2 Å². The first kappa shape index (κ1) is 21.4. The van der Waals surface area contributed by atoms with Gasteiger partial charge < -0.3 is 16.4 Å². The fourth-order valence-corrected chi connectivity index (χ4v) is 3.46. The van der Waals surface area contributed by atoms with Crippen molar-refractivity contribution in [3.8, 4) is 0 Å². The molecule has 1 saturated carbocycles. The van der Waals surface area contributed by atoms with Gasteiger partial charge in [-0.25, -0.2) is 0 Å². The summed E-state index contributed by atoms with van der Waals surface area (Å²) in [6.07, 6.45) is 9.60. The van der Waals surface area contributed by atoms with Gasteiger partial charge in [-0.3, -0.25) is 4.79 Å². The Kier molecular flexibility index (Phi) is 8.26. The van der Waals surface area contributed by atoms with Crippen molar-refractivity contribution >= 4 is 29.1 Å². The maximum absolute atomic E-state index is 12.4. The molecule has 0 heterocycles. The lowest BCUT2D eigenvalue weighted by Crippen LogP contribution is -2.39. The summed E-state index contributed by atoms with van der Waals surface area (Å²) < 4.78 is 0. The molecular weight excluding hydrogens is 381 g/mol. The Morgan fingerprint density at radius 3 is 2.67 bits per heavy atom. The van der Waals surface area contributed by atoms with Gasteiger partial charge in [0.15, 0.2) is 0 Å². The molecule has 0 saturated heterocycles. The van der Waals surface area contributed by atoms with Gasteiger partial charge in [-0.05, 0) is 62.8 Å². The summed E-state index contributed by atoms with van der Waals surface area (Å²) in [4.78, 5) is 12.4. The molecule has 0 atom stereocenters.